The van der Waals surface area contributed by atoms with Crippen LogP contribution in [-0.2, 0) is 4.79 Å². The van der Waals surface area contributed by atoms with Gasteiger partial charge in [-0.25, -0.2) is 0 Å². The molecule has 0 aliphatic carbocycles. The number of hydrogen-bond acceptors (Lipinski definition) is 1. The largest absolute Gasteiger partial charge is 0.481 e. The van der Waals surface area contributed by atoms with Gasteiger partial charge in [-0.2, -0.15) is 0 Å². The van der Waals surface area contributed by atoms with Crippen LogP contribution in [0.5, 0.6) is 0 Å². The number of carboxylic acids is 1. The summed E-state index contributed by atoms with van der Waals surface area (Å²) in [6.07, 6.45) is 16.0. The van der Waals surface area contributed by atoms with Crippen LogP contribution in [0.15, 0.2) is 12.7 Å². The molecule has 1 N–H and O–H groups in total. The molecule has 0 atom stereocenters. The van der Waals surface area contributed by atoms with E-state index < -0.39 is 5.97 Å². The number of carbonyl (C=O) groups is 1. The molecular formula is C18H30O2. The lowest BCUT2D eigenvalue weighted by molar-refractivity contribution is -0.137. The lowest BCUT2D eigenvalue weighted by Gasteiger charge is -2.01. The molecule has 0 aliphatic heterocycles. The van der Waals surface area contributed by atoms with E-state index in [-0.39, 0.29) is 0 Å². The molecule has 0 aromatic heterocycles. The molecule has 0 saturated carbocycles. The molecule has 0 amide bonds. The summed E-state index contributed by atoms with van der Waals surface area (Å²) in [6.45, 7) is 3.67. The maximum atomic E-state index is 10.3. The van der Waals surface area contributed by atoms with Crippen molar-refractivity contribution in [1.82, 2.24) is 0 Å². The average Bonchev–Trinajstić information content (AvgIpc) is 2.43. The molecule has 0 saturated heterocycles. The Bertz CT molecular complexity index is 296. The summed E-state index contributed by atoms with van der Waals surface area (Å²) in [5, 5.41) is 8.50. The molecule has 0 radical (unpaired) electrons. The maximum Gasteiger partial charge on any atom is 0.303 e. The molecule has 0 rings (SSSR count). The Balaban J connectivity index is 3.07. The summed E-state index contributed by atoms with van der Waals surface area (Å²) in [6, 6.07) is 0. The minimum atomic E-state index is -0.669. The zero-order chi connectivity index (χ0) is 14.9. The topological polar surface area (TPSA) is 37.3 Å². The van der Waals surface area contributed by atoms with E-state index in [0.717, 1.165) is 32.1 Å². The minimum Gasteiger partial charge on any atom is -0.481 e. The molecule has 0 aliphatic rings. The number of unbranched alkanes of at least 4 members (excludes halogenated alkanes) is 10. The lowest BCUT2D eigenvalue weighted by atomic mass is 10.1. The van der Waals surface area contributed by atoms with Gasteiger partial charge in [0.25, 0.3) is 0 Å². The van der Waals surface area contributed by atoms with Gasteiger partial charge in [0.15, 0.2) is 0 Å². The predicted molar refractivity (Wildman–Crippen MR) is 85.6 cm³/mol. The van der Waals surface area contributed by atoms with Gasteiger partial charge in [0, 0.05) is 19.3 Å². The van der Waals surface area contributed by atoms with Crippen molar-refractivity contribution in [2.75, 3.05) is 0 Å². The van der Waals surface area contributed by atoms with Crippen molar-refractivity contribution in [2.45, 2.75) is 83.5 Å². The summed E-state index contributed by atoms with van der Waals surface area (Å²) < 4.78 is 0. The van der Waals surface area contributed by atoms with Crippen LogP contribution < -0.4 is 0 Å². The van der Waals surface area contributed by atoms with E-state index in [1.807, 2.05) is 6.08 Å². The smallest absolute Gasteiger partial charge is 0.303 e. The Kier molecular flexibility index (Phi) is 14.9. The highest BCUT2D eigenvalue weighted by Crippen LogP contribution is 2.11. The number of carboxylic acid groups (broad SMARTS) is 1. The SMILES string of the molecule is C=CCCC#CCCCCCCCCCCCC(=O)O. The van der Waals surface area contributed by atoms with Crippen molar-refractivity contribution in [3.05, 3.63) is 12.7 Å². The highest BCUT2D eigenvalue weighted by Gasteiger charge is 1.96. The van der Waals surface area contributed by atoms with Crippen molar-refractivity contribution < 1.29 is 9.90 Å². The van der Waals surface area contributed by atoms with Crippen LogP contribution in [0.25, 0.3) is 0 Å². The molecule has 0 bridgehead atoms. The number of aliphatic carboxylic acids is 1. The van der Waals surface area contributed by atoms with E-state index in [1.165, 1.54) is 44.9 Å². The first-order valence-corrected chi connectivity index (χ1v) is 8.05. The number of rotatable bonds is 13. The first kappa shape index (κ1) is 18.8. The van der Waals surface area contributed by atoms with E-state index in [9.17, 15) is 4.79 Å². The van der Waals surface area contributed by atoms with Crippen molar-refractivity contribution in [1.29, 1.82) is 0 Å². The fraction of sp³-hybridized carbons (Fsp3) is 0.722. The van der Waals surface area contributed by atoms with Crippen LogP contribution >= 0.6 is 0 Å². The fourth-order valence-electron chi connectivity index (χ4n) is 2.08. The van der Waals surface area contributed by atoms with Crippen molar-refractivity contribution in [3.63, 3.8) is 0 Å². The summed E-state index contributed by atoms with van der Waals surface area (Å²) in [5.74, 6) is 5.70. The number of allylic oxidation sites excluding steroid dienone is 1. The third-order valence-corrected chi connectivity index (χ3v) is 3.29. The highest BCUT2D eigenvalue weighted by molar-refractivity contribution is 5.66. The molecule has 2 nitrogen and oxygen atoms in total. The molecule has 114 valence electrons. The van der Waals surface area contributed by atoms with Crippen molar-refractivity contribution in [2.24, 2.45) is 0 Å². The van der Waals surface area contributed by atoms with Gasteiger partial charge in [-0.3, -0.25) is 4.79 Å². The van der Waals surface area contributed by atoms with Gasteiger partial charge in [0.2, 0.25) is 0 Å². The van der Waals surface area contributed by atoms with Gasteiger partial charge in [-0.05, 0) is 19.3 Å². The fourth-order valence-corrected chi connectivity index (χ4v) is 2.08. The van der Waals surface area contributed by atoms with Crippen LogP contribution in [0.4, 0.5) is 0 Å². The van der Waals surface area contributed by atoms with E-state index >= 15 is 0 Å². The van der Waals surface area contributed by atoms with E-state index in [1.54, 1.807) is 0 Å². The molecule has 20 heavy (non-hydrogen) atoms. The normalized spacial score (nSPS) is 9.80. The summed E-state index contributed by atoms with van der Waals surface area (Å²) in [5.41, 5.74) is 0. The Morgan fingerprint density at radius 2 is 1.35 bits per heavy atom. The van der Waals surface area contributed by atoms with Gasteiger partial charge in [-0.1, -0.05) is 51.0 Å². The molecule has 0 spiro atoms. The standard InChI is InChI=1S/C18H30O2/c1-2-3-4-5-6-7-8-9-10-11-12-13-14-15-16-17-18(19)20/h2H,1,3-4,7-17H2,(H,19,20). The summed E-state index contributed by atoms with van der Waals surface area (Å²) in [4.78, 5) is 10.3. The minimum absolute atomic E-state index is 0.327. The van der Waals surface area contributed by atoms with Gasteiger partial charge < -0.3 is 5.11 Å². The quantitative estimate of drug-likeness (QED) is 0.281. The molecule has 0 fully saturated rings. The molecule has 0 aromatic rings. The third-order valence-electron chi connectivity index (χ3n) is 3.29. The van der Waals surface area contributed by atoms with Gasteiger partial charge in [-0.15, -0.1) is 18.4 Å². The first-order chi connectivity index (χ1) is 9.77. The van der Waals surface area contributed by atoms with E-state index in [2.05, 4.69) is 18.4 Å². The van der Waals surface area contributed by atoms with Crippen molar-refractivity contribution in [3.8, 4) is 11.8 Å². The molecule has 0 heterocycles. The maximum absolute atomic E-state index is 10.3. The second-order valence-electron chi connectivity index (χ2n) is 5.26. The zero-order valence-corrected chi connectivity index (χ0v) is 12.8. The van der Waals surface area contributed by atoms with E-state index in [0.29, 0.717) is 6.42 Å². The second-order valence-corrected chi connectivity index (χ2v) is 5.26. The third kappa shape index (κ3) is 16.8. The molecule has 0 unspecified atom stereocenters. The Morgan fingerprint density at radius 3 is 1.90 bits per heavy atom. The van der Waals surface area contributed by atoms with E-state index in [4.69, 9.17) is 5.11 Å². The first-order valence-electron chi connectivity index (χ1n) is 8.05. The van der Waals surface area contributed by atoms with Gasteiger partial charge in [0.05, 0.1) is 0 Å². The Labute approximate surface area is 124 Å². The van der Waals surface area contributed by atoms with Crippen molar-refractivity contribution >= 4 is 5.97 Å². The van der Waals surface area contributed by atoms with Gasteiger partial charge >= 0.3 is 5.97 Å². The zero-order valence-electron chi connectivity index (χ0n) is 12.8. The highest BCUT2D eigenvalue weighted by atomic mass is 16.4. The Hall–Kier alpha value is -1.23. The van der Waals surface area contributed by atoms with Crippen LogP contribution in [0.2, 0.25) is 0 Å². The summed E-state index contributed by atoms with van der Waals surface area (Å²) in [7, 11) is 0. The monoisotopic (exact) mass is 278 g/mol. The lowest BCUT2D eigenvalue weighted by Crippen LogP contribution is -1.93. The average molecular weight is 278 g/mol. The Morgan fingerprint density at radius 1 is 0.850 bits per heavy atom. The molecule has 2 heteroatoms. The van der Waals surface area contributed by atoms with Crippen LogP contribution in [0, 0.1) is 11.8 Å². The number of hydrogen-bond donors (Lipinski definition) is 1. The molecule has 0 aromatic carbocycles. The second kappa shape index (κ2) is 15.8. The van der Waals surface area contributed by atoms with Crippen LogP contribution in [0.1, 0.15) is 83.5 Å². The predicted octanol–water partition coefficient (Wildman–Crippen LogP) is 5.33. The van der Waals surface area contributed by atoms with Gasteiger partial charge in [0.1, 0.15) is 0 Å². The van der Waals surface area contributed by atoms with Crippen LogP contribution in [0.3, 0.4) is 0 Å². The van der Waals surface area contributed by atoms with Crippen LogP contribution in [-0.4, -0.2) is 11.1 Å². The molecular weight excluding hydrogens is 248 g/mol. The summed E-state index contributed by atoms with van der Waals surface area (Å²) >= 11 is 0.